The standard InChI is InChI=1S/C60H37N3S/c1-2-12-42(13-3-1)61-53-18-8-6-16-47(53)51-36-43(28-32-58(51)61)62-54-19-9-4-14-45(54)49-34-40(26-30-56(49)62)38-22-24-39(25-23-38)41-27-31-57-50(35-41)46-15-5-10-20-55(46)63(57)44-29-33-60-52(37-44)48-17-7-11-21-59(48)64-60/h1-37H. The van der Waals surface area contributed by atoms with Crippen LogP contribution in [0.25, 0.3) is 125 Å². The quantitative estimate of drug-likeness (QED) is 0.164. The molecule has 0 atom stereocenters. The second kappa shape index (κ2) is 13.7. The minimum atomic E-state index is 1.16. The molecule has 0 fully saturated rings. The van der Waals surface area contributed by atoms with E-state index in [1.807, 2.05) is 11.3 Å². The number of benzene rings is 10. The van der Waals surface area contributed by atoms with Crippen molar-refractivity contribution in [3.8, 4) is 39.3 Å². The maximum atomic E-state index is 2.43. The number of rotatable bonds is 5. The van der Waals surface area contributed by atoms with Crippen molar-refractivity contribution in [1.82, 2.24) is 13.7 Å². The predicted molar refractivity (Wildman–Crippen MR) is 273 cm³/mol. The van der Waals surface area contributed by atoms with Crippen molar-refractivity contribution in [3.05, 3.63) is 224 Å². The summed E-state index contributed by atoms with van der Waals surface area (Å²) in [7, 11) is 0. The highest BCUT2D eigenvalue weighted by Gasteiger charge is 2.18. The first-order valence-corrected chi connectivity index (χ1v) is 22.7. The van der Waals surface area contributed by atoms with Crippen molar-refractivity contribution in [3.63, 3.8) is 0 Å². The molecule has 0 saturated carbocycles. The topological polar surface area (TPSA) is 14.8 Å². The fraction of sp³-hybridized carbons (Fsp3) is 0. The molecule has 0 unspecified atom stereocenters. The van der Waals surface area contributed by atoms with Crippen molar-refractivity contribution in [2.45, 2.75) is 0 Å². The van der Waals surface area contributed by atoms with Crippen LogP contribution in [0.1, 0.15) is 0 Å². The molecular formula is C60H37N3S. The molecule has 0 N–H and O–H groups in total. The Morgan fingerprint density at radius 2 is 0.594 bits per heavy atom. The molecule has 4 heteroatoms. The molecule has 298 valence electrons. The Hall–Kier alpha value is -8.18. The Balaban J connectivity index is 0.842. The Labute approximate surface area is 372 Å². The predicted octanol–water partition coefficient (Wildman–Crippen LogP) is 16.7. The van der Waals surface area contributed by atoms with Crippen molar-refractivity contribution in [2.24, 2.45) is 0 Å². The van der Waals surface area contributed by atoms with Crippen LogP contribution in [0.5, 0.6) is 0 Å². The van der Waals surface area contributed by atoms with E-state index < -0.39 is 0 Å². The average Bonchev–Trinajstić information content (AvgIpc) is 4.10. The Morgan fingerprint density at radius 1 is 0.219 bits per heavy atom. The molecule has 3 nitrogen and oxygen atoms in total. The first-order valence-electron chi connectivity index (χ1n) is 21.9. The lowest BCUT2D eigenvalue weighted by molar-refractivity contribution is 1.17. The number of aromatic nitrogens is 3. The zero-order valence-electron chi connectivity index (χ0n) is 34.6. The molecule has 4 heterocycles. The zero-order chi connectivity index (χ0) is 41.9. The molecule has 0 aliphatic rings. The van der Waals surface area contributed by atoms with Gasteiger partial charge in [-0.05, 0) is 119 Å². The van der Waals surface area contributed by atoms with Gasteiger partial charge in [-0.1, -0.05) is 127 Å². The van der Waals surface area contributed by atoms with Crippen molar-refractivity contribution >= 4 is 96.9 Å². The van der Waals surface area contributed by atoms with Gasteiger partial charge >= 0.3 is 0 Å². The largest absolute Gasteiger partial charge is 0.309 e. The lowest BCUT2D eigenvalue weighted by Crippen LogP contribution is -1.95. The summed E-state index contributed by atoms with van der Waals surface area (Å²) < 4.78 is 9.89. The smallest absolute Gasteiger partial charge is 0.0542 e. The number of hydrogen-bond donors (Lipinski definition) is 0. The van der Waals surface area contributed by atoms with E-state index in [2.05, 4.69) is 238 Å². The van der Waals surface area contributed by atoms with E-state index in [4.69, 9.17) is 0 Å². The number of thiophene rings is 1. The number of fused-ring (bicyclic) bond motifs is 12. The van der Waals surface area contributed by atoms with Crippen LogP contribution in [-0.2, 0) is 0 Å². The van der Waals surface area contributed by atoms with Gasteiger partial charge in [0.15, 0.2) is 0 Å². The van der Waals surface area contributed by atoms with Gasteiger partial charge < -0.3 is 13.7 Å². The van der Waals surface area contributed by atoms with Gasteiger partial charge in [-0.25, -0.2) is 0 Å². The Morgan fingerprint density at radius 3 is 1.16 bits per heavy atom. The lowest BCUT2D eigenvalue weighted by atomic mass is 9.98. The monoisotopic (exact) mass is 831 g/mol. The van der Waals surface area contributed by atoms with Crippen LogP contribution >= 0.6 is 11.3 Å². The SMILES string of the molecule is c1ccc(-n2c3ccccc3c3cc(-n4c5ccccc5c5cc(-c6ccc(-c7ccc8c(c7)c7ccccc7n8-c7ccc8sc9ccccc9c8c7)cc6)ccc54)ccc32)cc1. The molecule has 0 radical (unpaired) electrons. The molecule has 4 aromatic heterocycles. The molecule has 0 amide bonds. The van der Waals surface area contributed by atoms with E-state index in [0.717, 1.165) is 5.69 Å². The van der Waals surface area contributed by atoms with Gasteiger partial charge in [-0.15, -0.1) is 11.3 Å². The van der Waals surface area contributed by atoms with E-state index in [1.54, 1.807) is 0 Å². The van der Waals surface area contributed by atoms with Crippen LogP contribution in [0.4, 0.5) is 0 Å². The van der Waals surface area contributed by atoms with Gasteiger partial charge in [0.25, 0.3) is 0 Å². The minimum Gasteiger partial charge on any atom is -0.309 e. The van der Waals surface area contributed by atoms with Gasteiger partial charge in [-0.3, -0.25) is 0 Å². The van der Waals surface area contributed by atoms with E-state index in [-0.39, 0.29) is 0 Å². The molecule has 0 aliphatic heterocycles. The van der Waals surface area contributed by atoms with Gasteiger partial charge in [0.2, 0.25) is 0 Å². The van der Waals surface area contributed by atoms with Gasteiger partial charge in [0, 0.05) is 69.6 Å². The molecule has 10 aromatic carbocycles. The average molecular weight is 832 g/mol. The van der Waals surface area contributed by atoms with E-state index in [0.29, 0.717) is 0 Å². The van der Waals surface area contributed by atoms with Crippen LogP contribution in [0, 0.1) is 0 Å². The van der Waals surface area contributed by atoms with Crippen molar-refractivity contribution < 1.29 is 0 Å². The summed E-state index contributed by atoms with van der Waals surface area (Å²) in [5.41, 5.74) is 15.6. The van der Waals surface area contributed by atoms with Crippen LogP contribution in [0.15, 0.2) is 224 Å². The third-order valence-electron chi connectivity index (χ3n) is 13.4. The normalized spacial score (nSPS) is 12.1. The maximum absolute atomic E-state index is 2.43. The van der Waals surface area contributed by atoms with Crippen LogP contribution in [-0.4, -0.2) is 13.7 Å². The number of hydrogen-bond acceptors (Lipinski definition) is 1. The molecule has 0 saturated heterocycles. The second-order valence-corrected chi connectivity index (χ2v) is 18.0. The van der Waals surface area contributed by atoms with Gasteiger partial charge in [0.1, 0.15) is 0 Å². The summed E-state index contributed by atoms with van der Waals surface area (Å²) in [6.45, 7) is 0. The summed E-state index contributed by atoms with van der Waals surface area (Å²) >= 11 is 1.86. The first kappa shape index (κ1) is 35.4. The van der Waals surface area contributed by atoms with Gasteiger partial charge in [-0.2, -0.15) is 0 Å². The highest BCUT2D eigenvalue weighted by atomic mass is 32.1. The molecule has 64 heavy (non-hydrogen) atoms. The summed E-state index contributed by atoms with van der Waals surface area (Å²) in [6, 6.07) is 82.7. The maximum Gasteiger partial charge on any atom is 0.0542 e. The van der Waals surface area contributed by atoms with Crippen LogP contribution in [0.2, 0.25) is 0 Å². The van der Waals surface area contributed by atoms with Crippen LogP contribution in [0.3, 0.4) is 0 Å². The van der Waals surface area contributed by atoms with E-state index in [9.17, 15) is 0 Å². The summed E-state index contributed by atoms with van der Waals surface area (Å²) in [5, 5.41) is 10.1. The summed E-state index contributed by atoms with van der Waals surface area (Å²) in [5.74, 6) is 0. The molecule has 14 aromatic rings. The first-order chi connectivity index (χ1) is 31.7. The third-order valence-corrected chi connectivity index (χ3v) is 14.6. The summed E-state index contributed by atoms with van der Waals surface area (Å²) in [6.07, 6.45) is 0. The highest BCUT2D eigenvalue weighted by molar-refractivity contribution is 7.25. The molecular weight excluding hydrogens is 795 g/mol. The zero-order valence-corrected chi connectivity index (χ0v) is 35.4. The Kier molecular flexibility index (Phi) is 7.56. The highest BCUT2D eigenvalue weighted by Crippen LogP contribution is 2.41. The fourth-order valence-electron chi connectivity index (χ4n) is 10.5. The number of nitrogens with zero attached hydrogens (tertiary/aromatic N) is 3. The Bertz CT molecular complexity index is 4180. The molecule has 14 rings (SSSR count). The molecule has 0 aliphatic carbocycles. The molecule has 0 bridgehead atoms. The lowest BCUT2D eigenvalue weighted by Gasteiger charge is -2.11. The summed E-state index contributed by atoms with van der Waals surface area (Å²) in [4.78, 5) is 0. The molecule has 0 spiro atoms. The fourth-order valence-corrected chi connectivity index (χ4v) is 11.6. The second-order valence-electron chi connectivity index (χ2n) is 16.9. The van der Waals surface area contributed by atoms with Gasteiger partial charge in [0.05, 0.1) is 33.1 Å². The van der Waals surface area contributed by atoms with Crippen molar-refractivity contribution in [2.75, 3.05) is 0 Å². The van der Waals surface area contributed by atoms with Crippen LogP contribution < -0.4 is 0 Å². The van der Waals surface area contributed by atoms with Crippen molar-refractivity contribution in [1.29, 1.82) is 0 Å². The van der Waals surface area contributed by atoms with E-state index in [1.165, 1.54) is 119 Å². The minimum absolute atomic E-state index is 1.16. The number of para-hydroxylation sites is 4. The van der Waals surface area contributed by atoms with E-state index >= 15 is 0 Å². The third kappa shape index (κ3) is 5.21.